The number of hydrogen-bond donors (Lipinski definition) is 3. The quantitative estimate of drug-likeness (QED) is 0.519. The van der Waals surface area contributed by atoms with Crippen LogP contribution in [-0.4, -0.2) is 41.4 Å². The molecule has 0 saturated carbocycles. The van der Waals surface area contributed by atoms with E-state index >= 15 is 0 Å². The molecule has 0 aromatic carbocycles. The van der Waals surface area contributed by atoms with E-state index in [0.29, 0.717) is 5.82 Å². The molecule has 0 radical (unpaired) electrons. The van der Waals surface area contributed by atoms with E-state index in [-0.39, 0.29) is 18.9 Å². The van der Waals surface area contributed by atoms with Crippen LogP contribution in [0.15, 0.2) is 12.1 Å². The summed E-state index contributed by atoms with van der Waals surface area (Å²) in [6, 6.07) is 2.80. The molecule has 0 saturated heterocycles. The van der Waals surface area contributed by atoms with Gasteiger partial charge in [0, 0.05) is 13.1 Å². The van der Waals surface area contributed by atoms with Crippen LogP contribution in [-0.2, 0) is 4.74 Å². The Labute approximate surface area is 102 Å². The first kappa shape index (κ1) is 13.6. The van der Waals surface area contributed by atoms with E-state index in [2.05, 4.69) is 20.4 Å². The topological polar surface area (TPSA) is 127 Å². The van der Waals surface area contributed by atoms with Gasteiger partial charge in [0.2, 0.25) is 5.82 Å². The molecular weight excluding hydrogens is 244 g/mol. The normalized spacial score (nSPS) is 9.67. The average Bonchev–Trinajstić information content (AvgIpc) is 2.36. The second-order valence-corrected chi connectivity index (χ2v) is 3.06. The zero-order valence-corrected chi connectivity index (χ0v) is 9.54. The third-order valence-electron chi connectivity index (χ3n) is 1.87. The maximum Gasteiger partial charge on any atom is 0.411 e. The molecule has 0 aliphatic heterocycles. The number of aliphatic hydroxyl groups is 1. The van der Waals surface area contributed by atoms with Gasteiger partial charge in [0.25, 0.3) is 0 Å². The Morgan fingerprint density at radius 1 is 1.61 bits per heavy atom. The molecule has 9 heteroatoms. The van der Waals surface area contributed by atoms with Crippen LogP contribution in [0.25, 0.3) is 0 Å². The van der Waals surface area contributed by atoms with Gasteiger partial charge in [-0.05, 0) is 16.0 Å². The zero-order valence-electron chi connectivity index (χ0n) is 9.54. The lowest BCUT2D eigenvalue weighted by Crippen LogP contribution is -2.17. The molecule has 1 rings (SSSR count). The predicted octanol–water partition coefficient (Wildman–Crippen LogP) is 0.572. The fourth-order valence-corrected chi connectivity index (χ4v) is 1.11. The van der Waals surface area contributed by atoms with Crippen LogP contribution >= 0.6 is 0 Å². The van der Waals surface area contributed by atoms with Crippen molar-refractivity contribution in [1.29, 1.82) is 0 Å². The number of amides is 1. The minimum absolute atomic E-state index is 0.0815. The van der Waals surface area contributed by atoms with Crippen LogP contribution < -0.4 is 10.6 Å². The predicted molar refractivity (Wildman–Crippen MR) is 62.5 cm³/mol. The molecule has 9 nitrogen and oxygen atoms in total. The van der Waals surface area contributed by atoms with Crippen LogP contribution in [0.4, 0.5) is 22.1 Å². The van der Waals surface area contributed by atoms with Crippen LogP contribution in [0.3, 0.4) is 0 Å². The molecule has 0 aliphatic carbocycles. The second-order valence-electron chi connectivity index (χ2n) is 3.06. The lowest BCUT2D eigenvalue weighted by atomic mass is 10.3. The van der Waals surface area contributed by atoms with Gasteiger partial charge in [-0.15, -0.1) is 0 Å². The van der Waals surface area contributed by atoms with E-state index < -0.39 is 16.8 Å². The number of pyridine rings is 1. The highest BCUT2D eigenvalue weighted by Gasteiger charge is 2.19. The molecule has 0 spiro atoms. The molecule has 0 bridgehead atoms. The van der Waals surface area contributed by atoms with E-state index in [9.17, 15) is 14.9 Å². The number of nitro groups is 1. The van der Waals surface area contributed by atoms with Crippen LogP contribution in [0.2, 0.25) is 0 Å². The molecule has 0 atom stereocenters. The van der Waals surface area contributed by atoms with E-state index in [0.717, 1.165) is 0 Å². The van der Waals surface area contributed by atoms with Gasteiger partial charge >= 0.3 is 11.9 Å². The van der Waals surface area contributed by atoms with Gasteiger partial charge in [-0.3, -0.25) is 5.32 Å². The van der Waals surface area contributed by atoms with Crippen molar-refractivity contribution in [2.75, 3.05) is 30.9 Å². The number of hydrogen-bond acceptors (Lipinski definition) is 7. The minimum Gasteiger partial charge on any atom is -0.447 e. The zero-order chi connectivity index (χ0) is 13.5. The Bertz CT molecular complexity index is 451. The summed E-state index contributed by atoms with van der Waals surface area (Å²) in [6.45, 7) is -0.520. The van der Waals surface area contributed by atoms with Crippen molar-refractivity contribution < 1.29 is 19.6 Å². The summed E-state index contributed by atoms with van der Waals surface area (Å²) < 4.78 is 4.52. The van der Waals surface area contributed by atoms with Gasteiger partial charge in [0.15, 0.2) is 0 Å². The second kappa shape index (κ2) is 6.35. The Kier molecular flexibility index (Phi) is 4.81. The number of anilines is 2. The number of carbonyl (C=O) groups is 1. The standard InChI is InChI=1S/C9H12N4O5/c1-10-7-3-2-6(8(12-7)13(16)17)11-9(15)18-5-4-14/h2-3,14H,4-5H2,1H3,(H,10,12)(H,11,15). The SMILES string of the molecule is CNc1ccc(NC(=O)OCCO)c([N+](=O)[O-])n1. The number of rotatable bonds is 5. The van der Waals surface area contributed by atoms with Crippen molar-refractivity contribution in [3.63, 3.8) is 0 Å². The highest BCUT2D eigenvalue weighted by molar-refractivity contribution is 5.87. The summed E-state index contributed by atoms with van der Waals surface area (Å²) in [4.78, 5) is 24.9. The number of ether oxygens (including phenoxy) is 1. The number of nitrogens with zero attached hydrogens (tertiary/aromatic N) is 2. The third kappa shape index (κ3) is 3.56. The largest absolute Gasteiger partial charge is 0.447 e. The Hall–Kier alpha value is -2.42. The van der Waals surface area contributed by atoms with Gasteiger partial charge in [-0.25, -0.2) is 4.79 Å². The van der Waals surface area contributed by atoms with Crippen LogP contribution in [0.1, 0.15) is 0 Å². The van der Waals surface area contributed by atoms with Crippen LogP contribution in [0.5, 0.6) is 0 Å². The van der Waals surface area contributed by atoms with Crippen LogP contribution in [0, 0.1) is 10.1 Å². The Morgan fingerprint density at radius 3 is 2.89 bits per heavy atom. The average molecular weight is 256 g/mol. The molecule has 1 amide bonds. The van der Waals surface area contributed by atoms with Gasteiger partial charge in [0.1, 0.15) is 12.3 Å². The van der Waals surface area contributed by atoms with Crippen molar-refractivity contribution in [2.24, 2.45) is 0 Å². The lowest BCUT2D eigenvalue weighted by Gasteiger charge is -2.06. The highest BCUT2D eigenvalue weighted by Crippen LogP contribution is 2.23. The van der Waals surface area contributed by atoms with Crippen molar-refractivity contribution in [2.45, 2.75) is 0 Å². The van der Waals surface area contributed by atoms with Gasteiger partial charge < -0.3 is 25.3 Å². The van der Waals surface area contributed by atoms with Gasteiger partial charge in [-0.2, -0.15) is 0 Å². The number of nitrogens with one attached hydrogen (secondary N) is 2. The third-order valence-corrected chi connectivity index (χ3v) is 1.87. The first-order valence-corrected chi connectivity index (χ1v) is 4.96. The fourth-order valence-electron chi connectivity index (χ4n) is 1.11. The molecule has 3 N–H and O–H groups in total. The molecule has 0 fully saturated rings. The van der Waals surface area contributed by atoms with Crippen molar-refractivity contribution in [1.82, 2.24) is 4.98 Å². The highest BCUT2D eigenvalue weighted by atomic mass is 16.6. The van der Waals surface area contributed by atoms with Gasteiger partial charge in [0.05, 0.1) is 6.61 Å². The van der Waals surface area contributed by atoms with E-state index in [4.69, 9.17) is 5.11 Å². The van der Waals surface area contributed by atoms with E-state index in [1.807, 2.05) is 0 Å². The van der Waals surface area contributed by atoms with E-state index in [1.54, 1.807) is 7.05 Å². The van der Waals surface area contributed by atoms with Crippen molar-refractivity contribution in [3.8, 4) is 0 Å². The molecule has 0 aliphatic rings. The molecule has 98 valence electrons. The summed E-state index contributed by atoms with van der Waals surface area (Å²) >= 11 is 0. The van der Waals surface area contributed by atoms with Crippen molar-refractivity contribution >= 4 is 23.4 Å². The summed E-state index contributed by atoms with van der Waals surface area (Å²) in [7, 11) is 1.56. The molecule has 18 heavy (non-hydrogen) atoms. The Balaban J connectivity index is 2.87. The smallest absolute Gasteiger partial charge is 0.411 e. The molecular formula is C9H12N4O5. The summed E-state index contributed by atoms with van der Waals surface area (Å²) in [5.74, 6) is -0.196. The maximum atomic E-state index is 11.2. The maximum absolute atomic E-state index is 11.2. The summed E-state index contributed by atoms with van der Waals surface area (Å²) in [5, 5.41) is 24.0. The first-order chi connectivity index (χ1) is 8.58. The molecule has 1 heterocycles. The van der Waals surface area contributed by atoms with Crippen molar-refractivity contribution in [3.05, 3.63) is 22.2 Å². The number of aliphatic hydroxyl groups excluding tert-OH is 1. The lowest BCUT2D eigenvalue weighted by molar-refractivity contribution is -0.388. The number of aromatic nitrogens is 1. The summed E-state index contributed by atoms with van der Waals surface area (Å²) in [5.41, 5.74) is -0.0815. The molecule has 1 aromatic heterocycles. The molecule has 0 unspecified atom stereocenters. The number of carbonyl (C=O) groups excluding carboxylic acids is 1. The molecule has 1 aromatic rings. The van der Waals surface area contributed by atoms with E-state index in [1.165, 1.54) is 12.1 Å². The summed E-state index contributed by atoms with van der Waals surface area (Å²) in [6.07, 6.45) is -0.897. The fraction of sp³-hybridized carbons (Fsp3) is 0.333. The first-order valence-electron chi connectivity index (χ1n) is 4.96. The Morgan fingerprint density at radius 2 is 2.33 bits per heavy atom. The minimum atomic E-state index is -0.897. The van der Waals surface area contributed by atoms with Gasteiger partial charge in [-0.1, -0.05) is 0 Å². The monoisotopic (exact) mass is 256 g/mol.